The van der Waals surface area contributed by atoms with Crippen LogP contribution in [0.25, 0.3) is 22.2 Å². The van der Waals surface area contributed by atoms with Crippen molar-refractivity contribution in [2.24, 2.45) is 11.0 Å². The molecule has 4 rings (SSSR count). The topological polar surface area (TPSA) is 63.6 Å². The van der Waals surface area contributed by atoms with Gasteiger partial charge in [0.1, 0.15) is 5.75 Å². The SMILES string of the molecule is CCC(=NNC(=O)c1cc(-c2ccccc2)nc2c(Cl)cccc12)c1ccc(OCC(C)C)cc1. The molecular formula is C29H28ClN3O2. The Bertz CT molecular complexity index is 1350. The molecule has 0 spiro atoms. The number of pyridine rings is 1. The van der Waals surface area contributed by atoms with Crippen LogP contribution in [0.15, 0.2) is 84.0 Å². The van der Waals surface area contributed by atoms with Crippen molar-refractivity contribution in [3.05, 3.63) is 95.0 Å². The van der Waals surface area contributed by atoms with Crippen LogP contribution >= 0.6 is 11.6 Å². The van der Waals surface area contributed by atoms with Gasteiger partial charge in [0, 0.05) is 10.9 Å². The monoisotopic (exact) mass is 485 g/mol. The van der Waals surface area contributed by atoms with Gasteiger partial charge in [-0.1, -0.05) is 74.8 Å². The second kappa shape index (κ2) is 11.2. The number of nitrogens with one attached hydrogen (secondary N) is 1. The van der Waals surface area contributed by atoms with E-state index in [0.717, 1.165) is 22.6 Å². The number of ether oxygens (including phenoxy) is 1. The van der Waals surface area contributed by atoms with E-state index in [1.54, 1.807) is 12.1 Å². The van der Waals surface area contributed by atoms with E-state index in [0.29, 0.717) is 46.1 Å². The highest BCUT2D eigenvalue weighted by molar-refractivity contribution is 6.35. The fourth-order valence-electron chi connectivity index (χ4n) is 3.69. The highest BCUT2D eigenvalue weighted by atomic mass is 35.5. The minimum atomic E-state index is -0.320. The van der Waals surface area contributed by atoms with Crippen LogP contribution in [0, 0.1) is 5.92 Å². The van der Waals surface area contributed by atoms with Crippen molar-refractivity contribution in [1.82, 2.24) is 10.4 Å². The third-order valence-corrected chi connectivity index (χ3v) is 5.81. The van der Waals surface area contributed by atoms with Gasteiger partial charge in [-0.15, -0.1) is 0 Å². The first-order chi connectivity index (χ1) is 17.0. The maximum absolute atomic E-state index is 13.3. The standard InChI is InChI=1S/C29H28ClN3O2/c1-4-26(21-13-15-22(16-14-21)35-18-19(2)3)32-33-29(34)24-17-27(20-9-6-5-7-10-20)31-28-23(24)11-8-12-25(28)30/h5-17,19H,4,18H2,1-3H3,(H,33,34). The van der Waals surface area contributed by atoms with Crippen molar-refractivity contribution < 1.29 is 9.53 Å². The van der Waals surface area contributed by atoms with Crippen molar-refractivity contribution in [1.29, 1.82) is 0 Å². The van der Waals surface area contributed by atoms with Gasteiger partial charge in [-0.3, -0.25) is 4.79 Å². The number of hydrogen-bond acceptors (Lipinski definition) is 4. The quantitative estimate of drug-likeness (QED) is 0.213. The number of aromatic nitrogens is 1. The largest absolute Gasteiger partial charge is 0.493 e. The second-order valence-electron chi connectivity index (χ2n) is 8.64. The molecule has 178 valence electrons. The first kappa shape index (κ1) is 24.4. The van der Waals surface area contributed by atoms with Gasteiger partial charge in [0.15, 0.2) is 0 Å². The molecule has 0 bridgehead atoms. The molecule has 35 heavy (non-hydrogen) atoms. The molecular weight excluding hydrogens is 458 g/mol. The average molecular weight is 486 g/mol. The van der Waals surface area contributed by atoms with Crippen molar-refractivity contribution in [2.75, 3.05) is 6.61 Å². The summed E-state index contributed by atoms with van der Waals surface area (Å²) in [7, 11) is 0. The summed E-state index contributed by atoms with van der Waals surface area (Å²) < 4.78 is 5.76. The molecule has 0 unspecified atom stereocenters. The summed E-state index contributed by atoms with van der Waals surface area (Å²) in [4.78, 5) is 18.0. The Kier molecular flexibility index (Phi) is 7.78. The number of carbonyl (C=O) groups is 1. The smallest absolute Gasteiger partial charge is 0.272 e. The normalized spacial score (nSPS) is 11.6. The number of para-hydroxylation sites is 1. The van der Waals surface area contributed by atoms with Gasteiger partial charge in [-0.05, 0) is 54.3 Å². The zero-order valence-corrected chi connectivity index (χ0v) is 20.8. The van der Waals surface area contributed by atoms with Crippen LogP contribution in [0.2, 0.25) is 5.02 Å². The lowest BCUT2D eigenvalue weighted by molar-refractivity contribution is 0.0956. The number of hydrogen-bond donors (Lipinski definition) is 1. The predicted molar refractivity (Wildman–Crippen MR) is 143 cm³/mol. The molecule has 0 aliphatic carbocycles. The minimum Gasteiger partial charge on any atom is -0.493 e. The van der Waals surface area contributed by atoms with Crippen molar-refractivity contribution >= 4 is 34.1 Å². The molecule has 0 fully saturated rings. The summed E-state index contributed by atoms with van der Waals surface area (Å²) in [5, 5.41) is 5.62. The molecule has 1 amide bonds. The zero-order chi connectivity index (χ0) is 24.8. The highest BCUT2D eigenvalue weighted by Crippen LogP contribution is 2.29. The van der Waals surface area contributed by atoms with E-state index in [1.807, 2.05) is 73.7 Å². The summed E-state index contributed by atoms with van der Waals surface area (Å²) >= 11 is 6.44. The van der Waals surface area contributed by atoms with Crippen molar-refractivity contribution in [3.8, 4) is 17.0 Å². The molecule has 1 heterocycles. The molecule has 4 aromatic rings. The summed E-state index contributed by atoms with van der Waals surface area (Å²) in [5.41, 5.74) is 7.06. The number of fused-ring (bicyclic) bond motifs is 1. The fraction of sp³-hybridized carbons (Fsp3) is 0.207. The molecule has 0 atom stereocenters. The minimum absolute atomic E-state index is 0.320. The lowest BCUT2D eigenvalue weighted by Gasteiger charge is -2.11. The summed E-state index contributed by atoms with van der Waals surface area (Å²) in [6.07, 6.45) is 0.657. The molecule has 0 aliphatic rings. The van der Waals surface area contributed by atoms with Crippen LogP contribution in [0.1, 0.15) is 43.1 Å². The van der Waals surface area contributed by atoms with E-state index < -0.39 is 0 Å². The van der Waals surface area contributed by atoms with Gasteiger partial charge in [0.05, 0.1) is 34.1 Å². The number of nitrogens with zero attached hydrogens (tertiary/aromatic N) is 2. The third kappa shape index (κ3) is 5.87. The Morgan fingerprint density at radius 2 is 1.77 bits per heavy atom. The van der Waals surface area contributed by atoms with E-state index >= 15 is 0 Å². The van der Waals surface area contributed by atoms with Crippen LogP contribution in [-0.2, 0) is 0 Å². The first-order valence-corrected chi connectivity index (χ1v) is 12.1. The summed E-state index contributed by atoms with van der Waals surface area (Å²) in [6, 6.07) is 24.7. The molecule has 1 aromatic heterocycles. The molecule has 6 heteroatoms. The maximum atomic E-state index is 13.3. The molecule has 3 aromatic carbocycles. The Morgan fingerprint density at radius 3 is 2.46 bits per heavy atom. The van der Waals surface area contributed by atoms with Crippen molar-refractivity contribution in [2.45, 2.75) is 27.2 Å². The van der Waals surface area contributed by atoms with Gasteiger partial charge in [-0.2, -0.15) is 5.10 Å². The first-order valence-electron chi connectivity index (χ1n) is 11.7. The van der Waals surface area contributed by atoms with Crippen LogP contribution in [0.4, 0.5) is 0 Å². The van der Waals surface area contributed by atoms with E-state index in [2.05, 4.69) is 24.4 Å². The zero-order valence-electron chi connectivity index (χ0n) is 20.1. The van der Waals surface area contributed by atoms with Crippen molar-refractivity contribution in [3.63, 3.8) is 0 Å². The van der Waals surface area contributed by atoms with Crippen LogP contribution in [0.5, 0.6) is 5.75 Å². The number of amides is 1. The van der Waals surface area contributed by atoms with E-state index in [9.17, 15) is 4.79 Å². The van der Waals surface area contributed by atoms with E-state index in [-0.39, 0.29) is 5.91 Å². The highest BCUT2D eigenvalue weighted by Gasteiger charge is 2.16. The fourth-order valence-corrected chi connectivity index (χ4v) is 3.91. The Balaban J connectivity index is 1.63. The Morgan fingerprint density at radius 1 is 1.03 bits per heavy atom. The molecule has 5 nitrogen and oxygen atoms in total. The molecule has 0 saturated heterocycles. The summed E-state index contributed by atoms with van der Waals surface area (Å²) in [5.74, 6) is 0.953. The number of rotatable bonds is 8. The summed E-state index contributed by atoms with van der Waals surface area (Å²) in [6.45, 7) is 6.89. The van der Waals surface area contributed by atoms with Gasteiger partial charge in [-0.25, -0.2) is 10.4 Å². The lowest BCUT2D eigenvalue weighted by Crippen LogP contribution is -2.20. The maximum Gasteiger partial charge on any atom is 0.272 e. The molecule has 0 saturated carbocycles. The number of hydrazone groups is 1. The van der Waals surface area contributed by atoms with Gasteiger partial charge in [0.25, 0.3) is 5.91 Å². The van der Waals surface area contributed by atoms with Crippen LogP contribution < -0.4 is 10.2 Å². The van der Waals surface area contributed by atoms with Gasteiger partial charge in [0.2, 0.25) is 0 Å². The lowest BCUT2D eigenvalue weighted by atomic mass is 10.0. The van der Waals surface area contributed by atoms with E-state index in [1.165, 1.54) is 0 Å². The van der Waals surface area contributed by atoms with Crippen LogP contribution in [-0.4, -0.2) is 23.2 Å². The Hall–Kier alpha value is -3.70. The number of benzene rings is 3. The average Bonchev–Trinajstić information content (AvgIpc) is 2.88. The second-order valence-corrected chi connectivity index (χ2v) is 9.05. The molecule has 0 aliphatic heterocycles. The van der Waals surface area contributed by atoms with Gasteiger partial charge < -0.3 is 4.74 Å². The molecule has 1 N–H and O–H groups in total. The van der Waals surface area contributed by atoms with E-state index in [4.69, 9.17) is 21.3 Å². The Labute approximate surface area is 210 Å². The number of carbonyl (C=O) groups excluding carboxylic acids is 1. The van der Waals surface area contributed by atoms with Crippen LogP contribution in [0.3, 0.4) is 0 Å². The predicted octanol–water partition coefficient (Wildman–Crippen LogP) is 7.13. The third-order valence-electron chi connectivity index (χ3n) is 5.50. The molecule has 0 radical (unpaired) electrons. The number of halogens is 1. The van der Waals surface area contributed by atoms with Gasteiger partial charge >= 0.3 is 0 Å².